The van der Waals surface area contributed by atoms with Gasteiger partial charge in [0.05, 0.1) is 0 Å². The van der Waals surface area contributed by atoms with Crippen LogP contribution >= 0.6 is 0 Å². The first kappa shape index (κ1) is 16.1. The molecule has 108 valence electrons. The smallest absolute Gasteiger partial charge is 0.127 e. The number of rotatable bonds is 8. The Labute approximate surface area is 117 Å². The van der Waals surface area contributed by atoms with Crippen LogP contribution in [0.4, 0.5) is 4.39 Å². The largest absolute Gasteiger partial charge is 0.309 e. The third-order valence-electron chi connectivity index (χ3n) is 3.89. The van der Waals surface area contributed by atoms with Crippen molar-refractivity contribution in [2.24, 2.45) is 0 Å². The number of hydrogen-bond donors (Lipinski definition) is 1. The fourth-order valence-corrected chi connectivity index (χ4v) is 2.18. The highest BCUT2D eigenvalue weighted by atomic mass is 19.1. The highest BCUT2D eigenvalue weighted by molar-refractivity contribution is 5.21. The Morgan fingerprint density at radius 3 is 2.47 bits per heavy atom. The quantitative estimate of drug-likeness (QED) is 0.773. The molecular formula is C16H27FN2. The number of likely N-dealkylation sites (N-methyl/N-ethyl adjacent to an activating group) is 1. The van der Waals surface area contributed by atoms with Crippen LogP contribution in [0.2, 0.25) is 0 Å². The predicted octanol–water partition coefficient (Wildman–Crippen LogP) is 3.60. The lowest BCUT2D eigenvalue weighted by molar-refractivity contribution is 0.247. The van der Waals surface area contributed by atoms with Crippen molar-refractivity contribution >= 4 is 0 Å². The molecule has 2 nitrogen and oxygen atoms in total. The Bertz CT molecular complexity index is 368. The Hall–Kier alpha value is -0.930. The van der Waals surface area contributed by atoms with E-state index in [-0.39, 0.29) is 11.9 Å². The minimum absolute atomic E-state index is 0.103. The molecule has 0 aliphatic heterocycles. The Kier molecular flexibility index (Phi) is 7.03. The van der Waals surface area contributed by atoms with E-state index in [4.69, 9.17) is 0 Å². The lowest BCUT2D eigenvalue weighted by Crippen LogP contribution is -2.36. The Balaban J connectivity index is 2.48. The molecule has 0 spiro atoms. The molecule has 0 heterocycles. The van der Waals surface area contributed by atoms with Crippen molar-refractivity contribution in [1.29, 1.82) is 0 Å². The second kappa shape index (κ2) is 8.28. The zero-order chi connectivity index (χ0) is 14.3. The van der Waals surface area contributed by atoms with Gasteiger partial charge in [0, 0.05) is 30.7 Å². The van der Waals surface area contributed by atoms with Crippen molar-refractivity contribution in [2.75, 3.05) is 20.1 Å². The summed E-state index contributed by atoms with van der Waals surface area (Å²) in [5, 5.41) is 3.45. The number of nitrogens with one attached hydrogen (secondary N) is 1. The van der Waals surface area contributed by atoms with Gasteiger partial charge < -0.3 is 10.2 Å². The molecule has 19 heavy (non-hydrogen) atoms. The zero-order valence-electron chi connectivity index (χ0n) is 12.6. The van der Waals surface area contributed by atoms with E-state index in [9.17, 15) is 4.39 Å². The topological polar surface area (TPSA) is 15.3 Å². The van der Waals surface area contributed by atoms with Crippen LogP contribution in [0.5, 0.6) is 0 Å². The first-order valence-electron chi connectivity index (χ1n) is 7.28. The van der Waals surface area contributed by atoms with Gasteiger partial charge in [-0.2, -0.15) is 0 Å². The van der Waals surface area contributed by atoms with Crippen molar-refractivity contribution in [2.45, 2.75) is 45.7 Å². The van der Waals surface area contributed by atoms with Gasteiger partial charge in [0.15, 0.2) is 0 Å². The Morgan fingerprint density at radius 1 is 1.21 bits per heavy atom. The van der Waals surface area contributed by atoms with Gasteiger partial charge in [-0.15, -0.1) is 0 Å². The highest BCUT2D eigenvalue weighted by Crippen LogP contribution is 2.19. The van der Waals surface area contributed by atoms with E-state index in [1.54, 1.807) is 6.07 Å². The summed E-state index contributed by atoms with van der Waals surface area (Å²) < 4.78 is 13.7. The second-order valence-corrected chi connectivity index (χ2v) is 5.17. The number of hydrogen-bond acceptors (Lipinski definition) is 2. The summed E-state index contributed by atoms with van der Waals surface area (Å²) in [7, 11) is 2.14. The molecule has 0 aromatic heterocycles. The first-order valence-corrected chi connectivity index (χ1v) is 7.28. The van der Waals surface area contributed by atoms with E-state index in [0.717, 1.165) is 31.5 Å². The van der Waals surface area contributed by atoms with Gasteiger partial charge in [-0.1, -0.05) is 32.0 Å². The number of benzene rings is 1. The maximum Gasteiger partial charge on any atom is 0.127 e. The summed E-state index contributed by atoms with van der Waals surface area (Å²) >= 11 is 0. The second-order valence-electron chi connectivity index (χ2n) is 5.17. The summed E-state index contributed by atoms with van der Waals surface area (Å²) in [6, 6.07) is 7.73. The molecule has 1 aromatic carbocycles. The van der Waals surface area contributed by atoms with Gasteiger partial charge in [-0.05, 0) is 32.9 Å². The van der Waals surface area contributed by atoms with E-state index < -0.39 is 0 Å². The maximum absolute atomic E-state index is 13.7. The van der Waals surface area contributed by atoms with Gasteiger partial charge in [0.2, 0.25) is 0 Å². The molecule has 1 rings (SSSR count). The van der Waals surface area contributed by atoms with Crippen LogP contribution in [0, 0.1) is 5.82 Å². The van der Waals surface area contributed by atoms with Crippen LogP contribution in [0.3, 0.4) is 0 Å². The fourth-order valence-electron chi connectivity index (χ4n) is 2.18. The molecule has 0 amide bonds. The van der Waals surface area contributed by atoms with Crippen LogP contribution in [0.25, 0.3) is 0 Å². The van der Waals surface area contributed by atoms with Crippen molar-refractivity contribution in [3.05, 3.63) is 35.6 Å². The average molecular weight is 266 g/mol. The highest BCUT2D eigenvalue weighted by Gasteiger charge is 2.13. The zero-order valence-corrected chi connectivity index (χ0v) is 12.6. The van der Waals surface area contributed by atoms with Crippen molar-refractivity contribution in [3.63, 3.8) is 0 Å². The summed E-state index contributed by atoms with van der Waals surface area (Å²) in [6.07, 6.45) is 2.05. The Morgan fingerprint density at radius 2 is 1.89 bits per heavy atom. The first-order chi connectivity index (χ1) is 9.10. The van der Waals surface area contributed by atoms with Crippen molar-refractivity contribution in [3.8, 4) is 0 Å². The van der Waals surface area contributed by atoms with Crippen molar-refractivity contribution < 1.29 is 4.39 Å². The molecule has 2 atom stereocenters. The summed E-state index contributed by atoms with van der Waals surface area (Å²) in [5.74, 6) is -0.114. The standard InChI is InChI=1S/C16H27FN2/c1-5-13(3)19(4)12-11-18-16(6-2)14-9-7-8-10-15(14)17/h7-10,13,16,18H,5-6,11-12H2,1-4H3. The maximum atomic E-state index is 13.7. The fraction of sp³-hybridized carbons (Fsp3) is 0.625. The lowest BCUT2D eigenvalue weighted by atomic mass is 10.0. The minimum atomic E-state index is -0.114. The predicted molar refractivity (Wildman–Crippen MR) is 79.8 cm³/mol. The summed E-state index contributed by atoms with van der Waals surface area (Å²) in [4.78, 5) is 2.33. The molecular weight excluding hydrogens is 239 g/mol. The van der Waals surface area contributed by atoms with Crippen LogP contribution in [-0.4, -0.2) is 31.1 Å². The van der Waals surface area contributed by atoms with Gasteiger partial charge >= 0.3 is 0 Å². The molecule has 0 radical (unpaired) electrons. The molecule has 0 saturated heterocycles. The number of halogens is 1. The molecule has 2 unspecified atom stereocenters. The third kappa shape index (κ3) is 4.92. The van der Waals surface area contributed by atoms with Gasteiger partial charge in [0.1, 0.15) is 5.82 Å². The van der Waals surface area contributed by atoms with Crippen LogP contribution in [-0.2, 0) is 0 Å². The van der Waals surface area contributed by atoms with Crippen molar-refractivity contribution in [1.82, 2.24) is 10.2 Å². The van der Waals surface area contributed by atoms with E-state index in [1.807, 2.05) is 12.1 Å². The molecule has 3 heteroatoms. The monoisotopic (exact) mass is 266 g/mol. The van der Waals surface area contributed by atoms with E-state index in [2.05, 4.69) is 38.0 Å². The SMILES string of the molecule is CCC(NCCN(C)C(C)CC)c1ccccc1F. The summed E-state index contributed by atoms with van der Waals surface area (Å²) in [5.41, 5.74) is 0.774. The van der Waals surface area contributed by atoms with Gasteiger partial charge in [0.25, 0.3) is 0 Å². The molecule has 0 aliphatic rings. The number of nitrogens with zero attached hydrogens (tertiary/aromatic N) is 1. The lowest BCUT2D eigenvalue weighted by Gasteiger charge is -2.25. The van der Waals surface area contributed by atoms with E-state index >= 15 is 0 Å². The average Bonchev–Trinajstić information content (AvgIpc) is 2.43. The van der Waals surface area contributed by atoms with E-state index in [0.29, 0.717) is 6.04 Å². The molecule has 0 aliphatic carbocycles. The third-order valence-corrected chi connectivity index (χ3v) is 3.89. The van der Waals surface area contributed by atoms with Crippen LogP contribution in [0.15, 0.2) is 24.3 Å². The molecule has 0 fully saturated rings. The van der Waals surface area contributed by atoms with E-state index in [1.165, 1.54) is 6.07 Å². The molecule has 0 bridgehead atoms. The van der Waals surface area contributed by atoms with Crippen LogP contribution < -0.4 is 5.32 Å². The molecule has 1 aromatic rings. The summed E-state index contributed by atoms with van der Waals surface area (Å²) in [6.45, 7) is 8.38. The molecule has 1 N–H and O–H groups in total. The normalized spacial score (nSPS) is 14.6. The molecule has 0 saturated carbocycles. The van der Waals surface area contributed by atoms with Gasteiger partial charge in [-0.3, -0.25) is 0 Å². The minimum Gasteiger partial charge on any atom is -0.309 e. The van der Waals surface area contributed by atoms with Gasteiger partial charge in [-0.25, -0.2) is 4.39 Å². The van der Waals surface area contributed by atoms with Crippen LogP contribution in [0.1, 0.15) is 45.2 Å².